The zero-order valence-corrected chi connectivity index (χ0v) is 16.6. The number of aromatic nitrogens is 4. The van der Waals surface area contributed by atoms with Crippen molar-refractivity contribution in [1.29, 1.82) is 0 Å². The molecule has 0 aliphatic carbocycles. The standard InChI is InChI=1S/C19H29N5O3/c1-5-6-7-8-9-14(2)20-18(25)13-24-22-19(21-23-24)15-10-11-16(26-3)17(12-15)27-4/h10-12,14H,5-9,13H2,1-4H3,(H,20,25)/t14-/m1/s1. The molecule has 1 aromatic heterocycles. The van der Waals surface area contributed by atoms with Crippen molar-refractivity contribution in [3.05, 3.63) is 18.2 Å². The lowest BCUT2D eigenvalue weighted by molar-refractivity contribution is -0.122. The van der Waals surface area contributed by atoms with Gasteiger partial charge in [0.1, 0.15) is 6.54 Å². The molecular formula is C19H29N5O3. The van der Waals surface area contributed by atoms with Gasteiger partial charge in [0.15, 0.2) is 11.5 Å². The topological polar surface area (TPSA) is 91.2 Å². The van der Waals surface area contributed by atoms with Gasteiger partial charge >= 0.3 is 0 Å². The van der Waals surface area contributed by atoms with Gasteiger partial charge in [-0.3, -0.25) is 4.79 Å². The number of tetrazole rings is 1. The molecule has 0 bridgehead atoms. The number of ether oxygens (including phenoxy) is 2. The summed E-state index contributed by atoms with van der Waals surface area (Å²) < 4.78 is 10.5. The van der Waals surface area contributed by atoms with E-state index in [0.717, 1.165) is 18.4 Å². The van der Waals surface area contributed by atoms with E-state index in [1.54, 1.807) is 26.4 Å². The SMILES string of the molecule is CCCCCC[C@@H](C)NC(=O)Cn1nnc(-c2ccc(OC)c(OC)c2)n1. The Labute approximate surface area is 160 Å². The van der Waals surface area contributed by atoms with Crippen LogP contribution >= 0.6 is 0 Å². The van der Waals surface area contributed by atoms with Gasteiger partial charge in [0.05, 0.1) is 14.2 Å². The summed E-state index contributed by atoms with van der Waals surface area (Å²) in [6.45, 7) is 4.25. The molecule has 0 spiro atoms. The highest BCUT2D eigenvalue weighted by Gasteiger charge is 2.13. The van der Waals surface area contributed by atoms with Crippen LogP contribution in [0.25, 0.3) is 11.4 Å². The van der Waals surface area contributed by atoms with Crippen LogP contribution in [0.15, 0.2) is 18.2 Å². The second-order valence-corrected chi connectivity index (χ2v) is 6.53. The minimum Gasteiger partial charge on any atom is -0.493 e. The highest BCUT2D eigenvalue weighted by Crippen LogP contribution is 2.30. The molecule has 0 saturated heterocycles. The number of hydrogen-bond donors (Lipinski definition) is 1. The molecule has 148 valence electrons. The second-order valence-electron chi connectivity index (χ2n) is 6.53. The van der Waals surface area contributed by atoms with Crippen LogP contribution in [0.3, 0.4) is 0 Å². The average molecular weight is 375 g/mol. The predicted octanol–water partition coefficient (Wildman–Crippen LogP) is 2.83. The molecule has 0 aliphatic heterocycles. The summed E-state index contributed by atoms with van der Waals surface area (Å²) in [4.78, 5) is 13.5. The number of hydrogen-bond acceptors (Lipinski definition) is 6. The number of nitrogens with one attached hydrogen (secondary N) is 1. The number of rotatable bonds is 11. The van der Waals surface area contributed by atoms with Crippen molar-refractivity contribution in [1.82, 2.24) is 25.5 Å². The Balaban J connectivity index is 1.91. The van der Waals surface area contributed by atoms with E-state index in [1.165, 1.54) is 24.1 Å². The van der Waals surface area contributed by atoms with Crippen molar-refractivity contribution in [3.8, 4) is 22.9 Å². The molecule has 1 aromatic carbocycles. The van der Waals surface area contributed by atoms with E-state index < -0.39 is 0 Å². The van der Waals surface area contributed by atoms with Crippen LogP contribution in [-0.4, -0.2) is 46.4 Å². The fraction of sp³-hybridized carbons (Fsp3) is 0.579. The number of unbranched alkanes of at least 4 members (excludes halogenated alkanes) is 3. The maximum Gasteiger partial charge on any atom is 0.243 e. The first-order valence-electron chi connectivity index (χ1n) is 9.37. The van der Waals surface area contributed by atoms with Gasteiger partial charge in [-0.1, -0.05) is 32.6 Å². The van der Waals surface area contributed by atoms with E-state index in [1.807, 2.05) is 13.0 Å². The fourth-order valence-corrected chi connectivity index (χ4v) is 2.80. The van der Waals surface area contributed by atoms with Crippen molar-refractivity contribution in [2.24, 2.45) is 0 Å². The Morgan fingerprint density at radius 2 is 1.96 bits per heavy atom. The van der Waals surface area contributed by atoms with Gasteiger partial charge in [0, 0.05) is 11.6 Å². The number of carbonyl (C=O) groups is 1. The molecule has 1 atom stereocenters. The van der Waals surface area contributed by atoms with Crippen LogP contribution in [0.2, 0.25) is 0 Å². The monoisotopic (exact) mass is 375 g/mol. The van der Waals surface area contributed by atoms with Crippen molar-refractivity contribution in [2.45, 2.75) is 58.5 Å². The molecule has 8 nitrogen and oxygen atoms in total. The molecule has 2 rings (SSSR count). The van der Waals surface area contributed by atoms with E-state index in [0.29, 0.717) is 17.3 Å². The first kappa shape index (κ1) is 20.7. The van der Waals surface area contributed by atoms with Gasteiger partial charge in [-0.05, 0) is 36.8 Å². The van der Waals surface area contributed by atoms with Crippen LogP contribution in [0.5, 0.6) is 11.5 Å². The Kier molecular flexibility index (Phi) is 8.03. The number of carbonyl (C=O) groups excluding carboxylic acids is 1. The smallest absolute Gasteiger partial charge is 0.243 e. The van der Waals surface area contributed by atoms with Crippen molar-refractivity contribution in [3.63, 3.8) is 0 Å². The fourth-order valence-electron chi connectivity index (χ4n) is 2.80. The van der Waals surface area contributed by atoms with Crippen LogP contribution in [0, 0.1) is 0 Å². The quantitative estimate of drug-likeness (QED) is 0.607. The number of nitrogens with zero attached hydrogens (tertiary/aromatic N) is 4. The molecule has 0 radical (unpaired) electrons. The summed E-state index contributed by atoms with van der Waals surface area (Å²) in [6, 6.07) is 5.52. The Bertz CT molecular complexity index is 732. The number of benzene rings is 1. The average Bonchev–Trinajstić information content (AvgIpc) is 3.12. The van der Waals surface area contributed by atoms with Crippen LogP contribution in [0.1, 0.15) is 46.0 Å². The highest BCUT2D eigenvalue weighted by atomic mass is 16.5. The van der Waals surface area contributed by atoms with Crippen molar-refractivity contribution in [2.75, 3.05) is 14.2 Å². The van der Waals surface area contributed by atoms with Crippen LogP contribution < -0.4 is 14.8 Å². The Morgan fingerprint density at radius 1 is 1.19 bits per heavy atom. The first-order valence-corrected chi connectivity index (χ1v) is 9.37. The third-order valence-corrected chi connectivity index (χ3v) is 4.28. The minimum atomic E-state index is -0.116. The lowest BCUT2D eigenvalue weighted by Gasteiger charge is -2.13. The summed E-state index contributed by atoms with van der Waals surface area (Å²) in [7, 11) is 3.15. The highest BCUT2D eigenvalue weighted by molar-refractivity contribution is 5.75. The van der Waals surface area contributed by atoms with Crippen LogP contribution in [0.4, 0.5) is 0 Å². The Morgan fingerprint density at radius 3 is 2.67 bits per heavy atom. The summed E-state index contributed by atoms with van der Waals surface area (Å²) in [5.41, 5.74) is 0.739. The molecule has 0 aliphatic rings. The summed E-state index contributed by atoms with van der Waals surface area (Å²) in [5, 5.41) is 15.3. The third kappa shape index (κ3) is 6.23. The predicted molar refractivity (Wildman–Crippen MR) is 103 cm³/mol. The van der Waals surface area contributed by atoms with Crippen molar-refractivity contribution >= 4 is 5.91 Å². The van der Waals surface area contributed by atoms with E-state index in [9.17, 15) is 4.79 Å². The summed E-state index contributed by atoms with van der Waals surface area (Å²) in [6.07, 6.45) is 5.76. The van der Waals surface area contributed by atoms with Gasteiger partial charge < -0.3 is 14.8 Å². The molecule has 2 aromatic rings. The second kappa shape index (κ2) is 10.5. The van der Waals surface area contributed by atoms with E-state index in [-0.39, 0.29) is 18.5 Å². The van der Waals surface area contributed by atoms with Gasteiger partial charge in [-0.15, -0.1) is 10.2 Å². The maximum absolute atomic E-state index is 12.2. The normalized spacial score (nSPS) is 11.9. The largest absolute Gasteiger partial charge is 0.493 e. The molecule has 0 fully saturated rings. The molecule has 1 N–H and O–H groups in total. The van der Waals surface area contributed by atoms with Crippen LogP contribution in [-0.2, 0) is 11.3 Å². The maximum atomic E-state index is 12.2. The molecule has 1 heterocycles. The number of amides is 1. The number of methoxy groups -OCH3 is 2. The van der Waals surface area contributed by atoms with Gasteiger partial charge in [0.25, 0.3) is 0 Å². The first-order chi connectivity index (χ1) is 13.1. The Hall–Kier alpha value is -2.64. The minimum absolute atomic E-state index is 0.0413. The third-order valence-electron chi connectivity index (χ3n) is 4.28. The van der Waals surface area contributed by atoms with Gasteiger partial charge in [-0.2, -0.15) is 4.80 Å². The van der Waals surface area contributed by atoms with Gasteiger partial charge in [-0.25, -0.2) is 0 Å². The molecule has 27 heavy (non-hydrogen) atoms. The lowest BCUT2D eigenvalue weighted by atomic mass is 10.1. The van der Waals surface area contributed by atoms with Crippen molar-refractivity contribution < 1.29 is 14.3 Å². The molecule has 0 saturated carbocycles. The molecular weight excluding hydrogens is 346 g/mol. The zero-order valence-electron chi connectivity index (χ0n) is 16.6. The van der Waals surface area contributed by atoms with E-state index >= 15 is 0 Å². The zero-order chi connectivity index (χ0) is 19.6. The van der Waals surface area contributed by atoms with E-state index in [4.69, 9.17) is 9.47 Å². The van der Waals surface area contributed by atoms with Gasteiger partial charge in [0.2, 0.25) is 11.7 Å². The summed E-state index contributed by atoms with van der Waals surface area (Å²) in [5.74, 6) is 1.52. The summed E-state index contributed by atoms with van der Waals surface area (Å²) >= 11 is 0. The molecule has 8 heteroatoms. The lowest BCUT2D eigenvalue weighted by Crippen LogP contribution is -2.35. The van der Waals surface area contributed by atoms with E-state index in [2.05, 4.69) is 27.7 Å². The molecule has 0 unspecified atom stereocenters. The molecule has 1 amide bonds.